The van der Waals surface area contributed by atoms with Crippen molar-refractivity contribution in [3.63, 3.8) is 0 Å². The van der Waals surface area contributed by atoms with E-state index in [0.717, 1.165) is 32.1 Å². The molecule has 0 spiro atoms. The zero-order chi connectivity index (χ0) is 22.7. The molecular weight excluding hydrogens is 427 g/mol. The number of aliphatic hydroxyl groups is 2. The molecule has 7 nitrogen and oxygen atoms in total. The number of nitrogens with zero attached hydrogens (tertiary/aromatic N) is 4. The van der Waals surface area contributed by atoms with Crippen LogP contribution in [-0.2, 0) is 0 Å². The van der Waals surface area contributed by atoms with Gasteiger partial charge in [0.15, 0.2) is 5.78 Å². The number of rotatable bonds is 5. The van der Waals surface area contributed by atoms with Crippen LogP contribution in [0.1, 0.15) is 95.6 Å². The summed E-state index contributed by atoms with van der Waals surface area (Å²) in [5.74, 6) is 3.10. The molecule has 0 bridgehead atoms. The molecule has 0 saturated heterocycles. The molecule has 1 aromatic heterocycles. The molecule has 2 N–H and O–H groups in total. The minimum absolute atomic E-state index is 0. The van der Waals surface area contributed by atoms with Crippen molar-refractivity contribution >= 4 is 5.78 Å². The van der Waals surface area contributed by atoms with Gasteiger partial charge in [0.1, 0.15) is 0 Å². The fraction of sp³-hybridized carbons (Fsp3) is 0.920. The number of Topliss-reactive ketones (excluding diaryl/α,β-unsaturated/α-hetero) is 1. The first-order chi connectivity index (χ1) is 15.2. The summed E-state index contributed by atoms with van der Waals surface area (Å²) in [5.41, 5.74) is 0.504. The van der Waals surface area contributed by atoms with Crippen LogP contribution in [0, 0.1) is 46.3 Å². The molecule has 8 heteroatoms. The SMILES string of the molecule is C[C@H](CCC(=O)c1nnn[n-]1)[C@H]1CC[C@H]2[C@@H]3[C@H](O)C[C@@H]4C[C@H](O)CC[C@]4(C)[C@H]3CC[C@]12C.[Na+]. The fourth-order valence-electron chi connectivity index (χ4n) is 9.10. The van der Waals surface area contributed by atoms with Gasteiger partial charge in [0.2, 0.25) is 0 Å². The number of hydrogen-bond donors (Lipinski definition) is 2. The summed E-state index contributed by atoms with van der Waals surface area (Å²) in [6, 6.07) is 0. The van der Waals surface area contributed by atoms with E-state index in [2.05, 4.69) is 41.4 Å². The van der Waals surface area contributed by atoms with Gasteiger partial charge in [0.05, 0.1) is 18.0 Å². The Balaban J connectivity index is 0.00000259. The zero-order valence-corrected chi connectivity index (χ0v) is 22.8. The first-order valence-corrected chi connectivity index (χ1v) is 12.8. The average molecular weight is 467 g/mol. The summed E-state index contributed by atoms with van der Waals surface area (Å²) in [4.78, 5) is 12.4. The van der Waals surface area contributed by atoms with Crippen LogP contribution in [0.25, 0.3) is 0 Å². The van der Waals surface area contributed by atoms with Crippen LogP contribution < -0.4 is 34.7 Å². The number of tetrazole rings is 1. The van der Waals surface area contributed by atoms with Crippen LogP contribution in [0.5, 0.6) is 0 Å². The molecule has 10 atom stereocenters. The van der Waals surface area contributed by atoms with Gasteiger partial charge in [0, 0.05) is 6.42 Å². The smallest absolute Gasteiger partial charge is 0.393 e. The van der Waals surface area contributed by atoms with Gasteiger partial charge >= 0.3 is 29.6 Å². The second kappa shape index (κ2) is 9.61. The third-order valence-corrected chi connectivity index (χ3v) is 10.8. The zero-order valence-electron chi connectivity index (χ0n) is 20.8. The van der Waals surface area contributed by atoms with E-state index in [0.29, 0.717) is 41.9 Å². The van der Waals surface area contributed by atoms with Gasteiger partial charge in [-0.25, -0.2) is 0 Å². The Hall–Kier alpha value is -0.340. The molecule has 0 aliphatic heterocycles. The number of carbonyl (C=O) groups excluding carboxylic acids is 1. The molecule has 4 saturated carbocycles. The summed E-state index contributed by atoms with van der Waals surface area (Å²) in [5, 5.41) is 35.9. The monoisotopic (exact) mass is 466 g/mol. The Morgan fingerprint density at radius 1 is 1.09 bits per heavy atom. The molecule has 0 unspecified atom stereocenters. The number of carbonyl (C=O) groups is 1. The van der Waals surface area contributed by atoms with Crippen molar-refractivity contribution in [1.82, 2.24) is 20.6 Å². The maximum absolute atomic E-state index is 12.4. The van der Waals surface area contributed by atoms with E-state index in [1.54, 1.807) is 0 Å². The third kappa shape index (κ3) is 4.28. The van der Waals surface area contributed by atoms with Gasteiger partial charge in [-0.3, -0.25) is 15.1 Å². The van der Waals surface area contributed by atoms with E-state index >= 15 is 0 Å². The fourth-order valence-corrected chi connectivity index (χ4v) is 9.10. The summed E-state index contributed by atoms with van der Waals surface area (Å²) < 4.78 is 0. The maximum Gasteiger partial charge on any atom is 1.00 e. The van der Waals surface area contributed by atoms with E-state index in [1.165, 1.54) is 25.7 Å². The Morgan fingerprint density at radius 3 is 2.55 bits per heavy atom. The number of ketones is 1. The van der Waals surface area contributed by atoms with E-state index in [4.69, 9.17) is 0 Å². The van der Waals surface area contributed by atoms with E-state index < -0.39 is 0 Å². The Kier molecular flexibility index (Phi) is 7.49. The van der Waals surface area contributed by atoms with Crippen LogP contribution in [0.3, 0.4) is 0 Å². The van der Waals surface area contributed by atoms with Crippen LogP contribution in [-0.4, -0.2) is 43.7 Å². The van der Waals surface area contributed by atoms with E-state index in [-0.39, 0.29) is 64.2 Å². The number of fused-ring (bicyclic) bond motifs is 5. The molecule has 0 aromatic carbocycles. The van der Waals surface area contributed by atoms with Crippen LogP contribution >= 0.6 is 0 Å². The van der Waals surface area contributed by atoms with Crippen molar-refractivity contribution in [2.75, 3.05) is 0 Å². The van der Waals surface area contributed by atoms with Crippen molar-refractivity contribution < 1.29 is 44.6 Å². The van der Waals surface area contributed by atoms with Crippen LogP contribution in [0.2, 0.25) is 0 Å². The Labute approximate surface area is 219 Å². The molecule has 4 fully saturated rings. The minimum Gasteiger partial charge on any atom is -0.393 e. The van der Waals surface area contributed by atoms with Gasteiger partial charge < -0.3 is 15.3 Å². The first-order valence-electron chi connectivity index (χ1n) is 12.8. The number of aliphatic hydroxyl groups excluding tert-OH is 2. The topological polar surface area (TPSA) is 110 Å². The predicted octanol–water partition coefficient (Wildman–Crippen LogP) is 0.422. The Bertz CT molecular complexity index is 838. The molecule has 33 heavy (non-hydrogen) atoms. The van der Waals surface area contributed by atoms with Crippen molar-refractivity contribution in [2.45, 2.75) is 97.2 Å². The van der Waals surface area contributed by atoms with Gasteiger partial charge in [-0.15, -0.1) is 0 Å². The average Bonchev–Trinajstić information content (AvgIpc) is 3.41. The van der Waals surface area contributed by atoms with Crippen molar-refractivity contribution in [3.8, 4) is 0 Å². The largest absolute Gasteiger partial charge is 1.00 e. The van der Waals surface area contributed by atoms with Crippen molar-refractivity contribution in [3.05, 3.63) is 5.82 Å². The van der Waals surface area contributed by atoms with Gasteiger partial charge in [0.25, 0.3) is 0 Å². The quantitative estimate of drug-likeness (QED) is 0.478. The standard InChI is InChI=1S/C25H40N4O3.Na/c1-14(4-7-20(31)23-26-28-29-27-23)17-5-6-18-22-19(9-11-25(17,18)3)24(2)10-8-16(30)12-15(24)13-21(22)32;/h14-19,21-22,30,32H,4-13H2,1-3H3,(H,26,27,28,29,31);/q;+1/p-1/t14-,15+,16-,17-,18+,19+,21-,22+,24+,25-;/m1./s1. The molecule has 0 amide bonds. The van der Waals surface area contributed by atoms with Crippen LogP contribution in [0.4, 0.5) is 0 Å². The maximum atomic E-state index is 12.4. The van der Waals surface area contributed by atoms with Gasteiger partial charge in [-0.1, -0.05) is 20.8 Å². The van der Waals surface area contributed by atoms with Crippen molar-refractivity contribution in [2.24, 2.45) is 46.3 Å². The Morgan fingerprint density at radius 2 is 1.82 bits per heavy atom. The summed E-state index contributed by atoms with van der Waals surface area (Å²) in [6.45, 7) is 7.24. The summed E-state index contributed by atoms with van der Waals surface area (Å²) in [6.07, 6.45) is 9.42. The van der Waals surface area contributed by atoms with E-state index in [9.17, 15) is 15.0 Å². The van der Waals surface area contributed by atoms with E-state index in [1.807, 2.05) is 0 Å². The third-order valence-electron chi connectivity index (χ3n) is 10.8. The predicted molar refractivity (Wildman–Crippen MR) is 118 cm³/mol. The second-order valence-corrected chi connectivity index (χ2v) is 12.1. The summed E-state index contributed by atoms with van der Waals surface area (Å²) in [7, 11) is 0. The molecule has 1 aromatic rings. The normalized spacial score (nSPS) is 45.3. The summed E-state index contributed by atoms with van der Waals surface area (Å²) >= 11 is 0. The minimum atomic E-state index is -0.238. The molecule has 0 radical (unpaired) electrons. The number of aromatic nitrogens is 4. The van der Waals surface area contributed by atoms with Crippen LogP contribution in [0.15, 0.2) is 0 Å². The molecular formula is C25H39N4NaO3. The van der Waals surface area contributed by atoms with Gasteiger partial charge in [-0.05, 0) is 104 Å². The molecule has 1 heterocycles. The molecule has 4 aliphatic rings. The molecule has 5 rings (SSSR count). The van der Waals surface area contributed by atoms with Crippen molar-refractivity contribution in [1.29, 1.82) is 0 Å². The van der Waals surface area contributed by atoms with Gasteiger partial charge in [-0.2, -0.15) is 5.21 Å². The molecule has 178 valence electrons. The second-order valence-electron chi connectivity index (χ2n) is 12.1. The number of hydrogen-bond acceptors (Lipinski definition) is 6. The molecule has 4 aliphatic carbocycles. The first kappa shape index (κ1) is 25.7.